The second-order valence-electron chi connectivity index (χ2n) is 5.84. The lowest BCUT2D eigenvalue weighted by Gasteiger charge is -2.35. The summed E-state index contributed by atoms with van der Waals surface area (Å²) < 4.78 is 0. The third-order valence-corrected chi connectivity index (χ3v) is 3.35. The first-order valence-corrected chi connectivity index (χ1v) is 7.04. The third kappa shape index (κ3) is 7.74. The second kappa shape index (κ2) is 8.90. The minimum atomic E-state index is 0.288. The van der Waals surface area contributed by atoms with E-state index in [1.807, 2.05) is 0 Å². The van der Waals surface area contributed by atoms with Crippen LogP contribution in [0.1, 0.15) is 40.0 Å². The molecule has 3 heteroatoms. The molecule has 0 saturated carbocycles. The number of nitrogens with zero attached hydrogens (tertiary/aromatic N) is 2. The molecule has 2 N–H and O–H groups in total. The van der Waals surface area contributed by atoms with Crippen LogP contribution in [0.5, 0.6) is 0 Å². The Morgan fingerprint density at radius 3 is 2.06 bits per heavy atom. The number of hydrogen-bond donors (Lipinski definition) is 1. The Balaban J connectivity index is 4.28. The van der Waals surface area contributed by atoms with Crippen molar-refractivity contribution in [2.45, 2.75) is 40.0 Å². The lowest BCUT2D eigenvalue weighted by Crippen LogP contribution is -2.43. The van der Waals surface area contributed by atoms with E-state index in [0.717, 1.165) is 26.2 Å². The average molecular weight is 243 g/mol. The topological polar surface area (TPSA) is 32.5 Å². The van der Waals surface area contributed by atoms with Gasteiger partial charge in [0.2, 0.25) is 0 Å². The van der Waals surface area contributed by atoms with Crippen molar-refractivity contribution >= 4 is 0 Å². The molecule has 0 aromatic carbocycles. The Morgan fingerprint density at radius 1 is 1.00 bits per heavy atom. The molecule has 104 valence electrons. The predicted octanol–water partition coefficient (Wildman–Crippen LogP) is 2.03. The molecule has 0 radical (unpaired) electrons. The van der Waals surface area contributed by atoms with Crippen LogP contribution in [0.25, 0.3) is 0 Å². The zero-order valence-electron chi connectivity index (χ0n) is 12.6. The van der Waals surface area contributed by atoms with E-state index >= 15 is 0 Å². The summed E-state index contributed by atoms with van der Waals surface area (Å²) in [4.78, 5) is 4.82. The number of nitrogens with two attached hydrogens (primary N) is 1. The molecular formula is C14H33N3. The van der Waals surface area contributed by atoms with E-state index in [-0.39, 0.29) is 5.41 Å². The molecule has 17 heavy (non-hydrogen) atoms. The number of likely N-dealkylation sites (N-methyl/N-ethyl adjacent to an activating group) is 1. The zero-order chi connectivity index (χ0) is 13.3. The minimum absolute atomic E-state index is 0.288. The van der Waals surface area contributed by atoms with Crippen LogP contribution in [0.4, 0.5) is 0 Å². The van der Waals surface area contributed by atoms with Gasteiger partial charge in [-0.05, 0) is 45.4 Å². The van der Waals surface area contributed by atoms with Gasteiger partial charge in [0.1, 0.15) is 0 Å². The quantitative estimate of drug-likeness (QED) is 0.637. The Labute approximate surface area is 108 Å². The molecule has 0 amide bonds. The normalized spacial score (nSPS) is 15.5. The van der Waals surface area contributed by atoms with Crippen LogP contribution in [-0.2, 0) is 0 Å². The highest BCUT2D eigenvalue weighted by molar-refractivity contribution is 4.79. The molecule has 0 aliphatic rings. The monoisotopic (exact) mass is 243 g/mol. The molecule has 1 unspecified atom stereocenters. The van der Waals surface area contributed by atoms with Crippen molar-refractivity contribution in [3.63, 3.8) is 0 Å². The Morgan fingerprint density at radius 2 is 1.65 bits per heavy atom. The van der Waals surface area contributed by atoms with E-state index in [0.29, 0.717) is 0 Å². The maximum Gasteiger partial charge on any atom is 0.0109 e. The fraction of sp³-hybridized carbons (Fsp3) is 1.00. The van der Waals surface area contributed by atoms with Crippen LogP contribution in [0.2, 0.25) is 0 Å². The highest BCUT2D eigenvalue weighted by atomic mass is 15.2. The van der Waals surface area contributed by atoms with E-state index in [1.165, 1.54) is 25.8 Å². The fourth-order valence-electron chi connectivity index (χ4n) is 2.32. The summed E-state index contributed by atoms with van der Waals surface area (Å²) in [5.74, 6) is 0. The van der Waals surface area contributed by atoms with Crippen molar-refractivity contribution in [2.24, 2.45) is 11.1 Å². The van der Waals surface area contributed by atoms with Crippen molar-refractivity contribution in [3.8, 4) is 0 Å². The van der Waals surface area contributed by atoms with Gasteiger partial charge in [0.25, 0.3) is 0 Å². The molecule has 0 fully saturated rings. The number of hydrogen-bond acceptors (Lipinski definition) is 3. The first kappa shape index (κ1) is 16.9. The van der Waals surface area contributed by atoms with Crippen molar-refractivity contribution in [2.75, 3.05) is 46.8 Å². The highest BCUT2D eigenvalue weighted by Gasteiger charge is 2.24. The summed E-state index contributed by atoms with van der Waals surface area (Å²) in [6.45, 7) is 12.2. The second-order valence-corrected chi connectivity index (χ2v) is 5.84. The Kier molecular flexibility index (Phi) is 8.83. The SMILES string of the molecule is CCCN(CCN(C)C)CC(C)(CN)CCC. The van der Waals surface area contributed by atoms with Crippen LogP contribution in [-0.4, -0.2) is 56.6 Å². The lowest BCUT2D eigenvalue weighted by molar-refractivity contribution is 0.148. The van der Waals surface area contributed by atoms with Gasteiger partial charge in [-0.3, -0.25) is 0 Å². The molecule has 0 aromatic rings. The summed E-state index contributed by atoms with van der Waals surface area (Å²) in [5, 5.41) is 0. The van der Waals surface area contributed by atoms with E-state index in [4.69, 9.17) is 5.73 Å². The summed E-state index contributed by atoms with van der Waals surface area (Å²) in [5.41, 5.74) is 6.24. The first-order chi connectivity index (χ1) is 7.97. The van der Waals surface area contributed by atoms with E-state index < -0.39 is 0 Å². The van der Waals surface area contributed by atoms with Gasteiger partial charge in [-0.25, -0.2) is 0 Å². The molecule has 3 nitrogen and oxygen atoms in total. The lowest BCUT2D eigenvalue weighted by atomic mass is 9.85. The molecule has 0 heterocycles. The largest absolute Gasteiger partial charge is 0.330 e. The van der Waals surface area contributed by atoms with Gasteiger partial charge in [-0.15, -0.1) is 0 Å². The standard InChI is InChI=1S/C14H33N3/c1-6-8-14(3,12-15)13-17(9-7-2)11-10-16(4)5/h6-13,15H2,1-5H3. The Hall–Kier alpha value is -0.120. The van der Waals surface area contributed by atoms with Gasteiger partial charge in [0, 0.05) is 19.6 Å². The van der Waals surface area contributed by atoms with Crippen molar-refractivity contribution < 1.29 is 0 Å². The molecule has 0 bridgehead atoms. The summed E-state index contributed by atoms with van der Waals surface area (Å²) >= 11 is 0. The fourth-order valence-corrected chi connectivity index (χ4v) is 2.32. The average Bonchev–Trinajstić information content (AvgIpc) is 2.26. The summed E-state index contributed by atoms with van der Waals surface area (Å²) in [6.07, 6.45) is 3.67. The minimum Gasteiger partial charge on any atom is -0.330 e. The predicted molar refractivity (Wildman–Crippen MR) is 77.4 cm³/mol. The van der Waals surface area contributed by atoms with Crippen LogP contribution in [0.3, 0.4) is 0 Å². The molecule has 1 atom stereocenters. The third-order valence-electron chi connectivity index (χ3n) is 3.35. The van der Waals surface area contributed by atoms with Crippen molar-refractivity contribution in [1.29, 1.82) is 0 Å². The molecule has 0 rings (SSSR count). The van der Waals surface area contributed by atoms with Crippen LogP contribution < -0.4 is 5.73 Å². The summed E-state index contributed by atoms with van der Waals surface area (Å²) in [7, 11) is 4.27. The van der Waals surface area contributed by atoms with Crippen molar-refractivity contribution in [1.82, 2.24) is 9.80 Å². The first-order valence-electron chi connectivity index (χ1n) is 7.04. The van der Waals surface area contributed by atoms with Crippen LogP contribution in [0.15, 0.2) is 0 Å². The maximum absolute atomic E-state index is 5.96. The summed E-state index contributed by atoms with van der Waals surface area (Å²) in [6, 6.07) is 0. The van der Waals surface area contributed by atoms with E-state index in [2.05, 4.69) is 44.7 Å². The molecule has 0 saturated heterocycles. The van der Waals surface area contributed by atoms with Gasteiger partial charge in [0.15, 0.2) is 0 Å². The molecule has 0 aliphatic heterocycles. The number of rotatable bonds is 10. The van der Waals surface area contributed by atoms with Gasteiger partial charge >= 0.3 is 0 Å². The van der Waals surface area contributed by atoms with Crippen LogP contribution in [0, 0.1) is 5.41 Å². The molecule has 0 spiro atoms. The van der Waals surface area contributed by atoms with E-state index in [9.17, 15) is 0 Å². The van der Waals surface area contributed by atoms with Gasteiger partial charge in [0.05, 0.1) is 0 Å². The molecule has 0 aromatic heterocycles. The van der Waals surface area contributed by atoms with Crippen molar-refractivity contribution in [3.05, 3.63) is 0 Å². The Bertz CT molecular complexity index is 182. The highest BCUT2D eigenvalue weighted by Crippen LogP contribution is 2.23. The maximum atomic E-state index is 5.96. The van der Waals surface area contributed by atoms with Gasteiger partial charge < -0.3 is 15.5 Å². The molecule has 0 aliphatic carbocycles. The van der Waals surface area contributed by atoms with E-state index in [1.54, 1.807) is 0 Å². The van der Waals surface area contributed by atoms with Crippen LogP contribution >= 0.6 is 0 Å². The van der Waals surface area contributed by atoms with Gasteiger partial charge in [-0.1, -0.05) is 27.2 Å². The van der Waals surface area contributed by atoms with Gasteiger partial charge in [-0.2, -0.15) is 0 Å². The molecular weight excluding hydrogens is 210 g/mol. The zero-order valence-corrected chi connectivity index (χ0v) is 12.6. The smallest absolute Gasteiger partial charge is 0.0109 e.